The van der Waals surface area contributed by atoms with Crippen molar-refractivity contribution in [2.75, 3.05) is 20.3 Å². The van der Waals surface area contributed by atoms with Gasteiger partial charge in [-0.25, -0.2) is 4.99 Å². The van der Waals surface area contributed by atoms with Crippen molar-refractivity contribution >= 4 is 5.96 Å². The molecule has 0 saturated heterocycles. The minimum absolute atomic E-state index is 0.476. The van der Waals surface area contributed by atoms with Gasteiger partial charge in [0.15, 0.2) is 17.5 Å². The molecule has 118 valence electrons. The lowest BCUT2D eigenvalue weighted by Crippen LogP contribution is -2.32. The Bertz CT molecular complexity index is 459. The van der Waals surface area contributed by atoms with E-state index in [1.807, 2.05) is 25.1 Å². The first-order valence-electron chi connectivity index (χ1n) is 7.40. The number of rotatable bonds is 8. The average molecular weight is 293 g/mol. The van der Waals surface area contributed by atoms with Gasteiger partial charge in [-0.05, 0) is 37.0 Å². The van der Waals surface area contributed by atoms with Crippen LogP contribution in [0, 0.1) is 5.92 Å². The number of aliphatic imine (C=N–C) groups is 1. The van der Waals surface area contributed by atoms with E-state index in [1.54, 1.807) is 7.11 Å². The number of nitrogens with two attached hydrogens (primary N) is 1. The summed E-state index contributed by atoms with van der Waals surface area (Å²) in [5.41, 5.74) is 6.88. The summed E-state index contributed by atoms with van der Waals surface area (Å²) in [7, 11) is 1.63. The lowest BCUT2D eigenvalue weighted by molar-refractivity contribution is 0.310. The highest BCUT2D eigenvalue weighted by atomic mass is 16.5. The van der Waals surface area contributed by atoms with Crippen LogP contribution in [0.1, 0.15) is 32.8 Å². The van der Waals surface area contributed by atoms with Crippen LogP contribution in [-0.2, 0) is 6.54 Å². The Morgan fingerprint density at radius 3 is 2.71 bits per heavy atom. The highest BCUT2D eigenvalue weighted by Gasteiger charge is 2.05. The van der Waals surface area contributed by atoms with E-state index in [2.05, 4.69) is 24.2 Å². The minimum atomic E-state index is 0.476. The van der Waals surface area contributed by atoms with Crippen LogP contribution in [0.25, 0.3) is 0 Å². The summed E-state index contributed by atoms with van der Waals surface area (Å²) in [4.78, 5) is 4.33. The average Bonchev–Trinajstić information content (AvgIpc) is 2.45. The summed E-state index contributed by atoms with van der Waals surface area (Å²) in [6.45, 7) is 8.27. The number of nitrogens with one attached hydrogen (secondary N) is 1. The van der Waals surface area contributed by atoms with Crippen molar-refractivity contribution in [3.05, 3.63) is 23.8 Å². The number of methoxy groups -OCH3 is 1. The number of ether oxygens (including phenoxy) is 2. The molecule has 0 atom stereocenters. The summed E-state index contributed by atoms with van der Waals surface area (Å²) in [6.07, 6.45) is 1.08. The number of hydrogen-bond donors (Lipinski definition) is 2. The molecule has 3 N–H and O–H groups in total. The number of guanidine groups is 1. The third kappa shape index (κ3) is 6.38. The van der Waals surface area contributed by atoms with Crippen molar-refractivity contribution in [2.24, 2.45) is 16.6 Å². The van der Waals surface area contributed by atoms with Gasteiger partial charge in [0.2, 0.25) is 0 Å². The molecular weight excluding hydrogens is 266 g/mol. The second kappa shape index (κ2) is 9.10. The second-order valence-corrected chi connectivity index (χ2v) is 5.23. The third-order valence-electron chi connectivity index (χ3n) is 2.99. The van der Waals surface area contributed by atoms with Crippen LogP contribution in [0.15, 0.2) is 23.2 Å². The molecule has 0 heterocycles. The van der Waals surface area contributed by atoms with E-state index in [1.165, 1.54) is 0 Å². The van der Waals surface area contributed by atoms with E-state index >= 15 is 0 Å². The molecule has 0 unspecified atom stereocenters. The smallest absolute Gasteiger partial charge is 0.188 e. The normalized spacial score (nSPS) is 11.6. The molecule has 0 bridgehead atoms. The van der Waals surface area contributed by atoms with Gasteiger partial charge in [0.05, 0.1) is 20.3 Å². The molecule has 1 aromatic rings. The van der Waals surface area contributed by atoms with Crippen LogP contribution in [0.3, 0.4) is 0 Å². The molecule has 0 saturated carbocycles. The summed E-state index contributed by atoms with van der Waals surface area (Å²) >= 11 is 0. The SMILES string of the molecule is CCOc1cc(CN=C(N)NCCC(C)C)ccc1OC. The van der Waals surface area contributed by atoms with Crippen LogP contribution >= 0.6 is 0 Å². The number of hydrogen-bond acceptors (Lipinski definition) is 3. The summed E-state index contributed by atoms with van der Waals surface area (Å²) in [5, 5.41) is 3.12. The van der Waals surface area contributed by atoms with Crippen LogP contribution < -0.4 is 20.5 Å². The molecule has 1 aromatic carbocycles. The van der Waals surface area contributed by atoms with Crippen LogP contribution in [0.4, 0.5) is 0 Å². The molecule has 0 spiro atoms. The molecule has 0 aliphatic heterocycles. The van der Waals surface area contributed by atoms with Crippen LogP contribution in [-0.4, -0.2) is 26.2 Å². The first kappa shape index (κ1) is 17.1. The van der Waals surface area contributed by atoms with E-state index in [9.17, 15) is 0 Å². The first-order chi connectivity index (χ1) is 10.1. The molecular formula is C16H27N3O2. The maximum absolute atomic E-state index is 5.84. The highest BCUT2D eigenvalue weighted by Crippen LogP contribution is 2.28. The highest BCUT2D eigenvalue weighted by molar-refractivity contribution is 5.77. The Labute approximate surface area is 127 Å². The predicted octanol–water partition coefficient (Wildman–Crippen LogP) is 2.54. The number of nitrogens with zero attached hydrogens (tertiary/aromatic N) is 1. The van der Waals surface area contributed by atoms with Gasteiger partial charge in [-0.15, -0.1) is 0 Å². The zero-order valence-corrected chi connectivity index (χ0v) is 13.5. The Hall–Kier alpha value is -1.91. The summed E-state index contributed by atoms with van der Waals surface area (Å²) < 4.78 is 10.8. The summed E-state index contributed by atoms with van der Waals surface area (Å²) in [5.74, 6) is 2.59. The van der Waals surface area contributed by atoms with Gasteiger partial charge in [0.1, 0.15) is 0 Å². The standard InChI is InChI=1S/C16H27N3O2/c1-5-21-15-10-13(6-7-14(15)20-4)11-19-16(17)18-9-8-12(2)3/h6-7,10,12H,5,8-9,11H2,1-4H3,(H3,17,18,19). The summed E-state index contributed by atoms with van der Waals surface area (Å²) in [6, 6.07) is 5.79. The van der Waals surface area contributed by atoms with E-state index in [0.717, 1.165) is 30.0 Å². The third-order valence-corrected chi connectivity index (χ3v) is 2.99. The maximum atomic E-state index is 5.84. The topological polar surface area (TPSA) is 68.9 Å². The van der Waals surface area contributed by atoms with E-state index in [-0.39, 0.29) is 0 Å². The molecule has 0 fully saturated rings. The van der Waals surface area contributed by atoms with Crippen molar-refractivity contribution in [1.29, 1.82) is 0 Å². The van der Waals surface area contributed by atoms with E-state index in [0.29, 0.717) is 25.0 Å². The van der Waals surface area contributed by atoms with Crippen LogP contribution in [0.2, 0.25) is 0 Å². The van der Waals surface area contributed by atoms with Gasteiger partial charge in [-0.1, -0.05) is 19.9 Å². The fourth-order valence-electron chi connectivity index (χ4n) is 1.81. The predicted molar refractivity (Wildman–Crippen MR) is 86.9 cm³/mol. The van der Waals surface area contributed by atoms with E-state index in [4.69, 9.17) is 15.2 Å². The molecule has 5 nitrogen and oxygen atoms in total. The Morgan fingerprint density at radius 2 is 2.10 bits per heavy atom. The zero-order valence-electron chi connectivity index (χ0n) is 13.5. The van der Waals surface area contributed by atoms with Gasteiger partial charge in [0, 0.05) is 6.54 Å². The lowest BCUT2D eigenvalue weighted by Gasteiger charge is -2.11. The van der Waals surface area contributed by atoms with Crippen molar-refractivity contribution < 1.29 is 9.47 Å². The Morgan fingerprint density at radius 1 is 1.33 bits per heavy atom. The molecule has 0 aliphatic carbocycles. The van der Waals surface area contributed by atoms with Crippen molar-refractivity contribution in [3.63, 3.8) is 0 Å². The monoisotopic (exact) mass is 293 g/mol. The molecule has 0 amide bonds. The Kier molecular flexibility index (Phi) is 7.43. The molecule has 0 aliphatic rings. The van der Waals surface area contributed by atoms with Gasteiger partial charge in [0.25, 0.3) is 0 Å². The van der Waals surface area contributed by atoms with Gasteiger partial charge in [-0.2, -0.15) is 0 Å². The molecule has 5 heteroatoms. The zero-order chi connectivity index (χ0) is 15.7. The van der Waals surface area contributed by atoms with Gasteiger partial charge in [-0.3, -0.25) is 0 Å². The fourth-order valence-corrected chi connectivity index (χ4v) is 1.81. The second-order valence-electron chi connectivity index (χ2n) is 5.23. The van der Waals surface area contributed by atoms with Gasteiger partial charge < -0.3 is 20.5 Å². The molecule has 0 aromatic heterocycles. The van der Waals surface area contributed by atoms with Crippen molar-refractivity contribution in [1.82, 2.24) is 5.32 Å². The largest absolute Gasteiger partial charge is 0.493 e. The van der Waals surface area contributed by atoms with Crippen molar-refractivity contribution in [3.8, 4) is 11.5 Å². The number of benzene rings is 1. The van der Waals surface area contributed by atoms with E-state index < -0.39 is 0 Å². The molecule has 21 heavy (non-hydrogen) atoms. The van der Waals surface area contributed by atoms with Crippen LogP contribution in [0.5, 0.6) is 11.5 Å². The molecule has 1 rings (SSSR count). The Balaban J connectivity index is 2.59. The molecule has 0 radical (unpaired) electrons. The fraction of sp³-hybridized carbons (Fsp3) is 0.562. The minimum Gasteiger partial charge on any atom is -0.493 e. The lowest BCUT2D eigenvalue weighted by atomic mass is 10.1. The maximum Gasteiger partial charge on any atom is 0.188 e. The quantitative estimate of drug-likeness (QED) is 0.571. The van der Waals surface area contributed by atoms with Crippen molar-refractivity contribution in [2.45, 2.75) is 33.7 Å². The first-order valence-corrected chi connectivity index (χ1v) is 7.40. The van der Waals surface area contributed by atoms with Gasteiger partial charge >= 0.3 is 0 Å².